The smallest absolute Gasteiger partial charge is 0.222 e. The number of carbonyl (C=O) groups excluding carboxylic acids is 2. The largest absolute Gasteiger partial charge is 0.497 e. The zero-order valence-corrected chi connectivity index (χ0v) is 14.9. The highest BCUT2D eigenvalue weighted by Crippen LogP contribution is 2.21. The van der Waals surface area contributed by atoms with Gasteiger partial charge < -0.3 is 15.4 Å². The fraction of sp³-hybridized carbons (Fsp3) is 0.333. The molecular formula is C18H22N2O3S. The van der Waals surface area contributed by atoms with Gasteiger partial charge in [0.2, 0.25) is 11.8 Å². The summed E-state index contributed by atoms with van der Waals surface area (Å²) in [5, 5.41) is 7.76. The maximum Gasteiger partial charge on any atom is 0.222 e. The summed E-state index contributed by atoms with van der Waals surface area (Å²) in [5.74, 6) is 0.466. The number of thiophene rings is 1. The second-order valence-electron chi connectivity index (χ2n) is 5.53. The summed E-state index contributed by atoms with van der Waals surface area (Å²) in [7, 11) is 1.60. The van der Waals surface area contributed by atoms with E-state index in [0.29, 0.717) is 6.54 Å². The van der Waals surface area contributed by atoms with Crippen molar-refractivity contribution in [1.82, 2.24) is 10.6 Å². The normalized spacial score (nSPS) is 11.6. The van der Waals surface area contributed by atoms with Crippen molar-refractivity contribution >= 4 is 23.2 Å². The minimum atomic E-state index is -0.363. The zero-order chi connectivity index (χ0) is 17.5. The maximum atomic E-state index is 12.3. The quantitative estimate of drug-likeness (QED) is 0.810. The number of benzene rings is 1. The average Bonchev–Trinajstić information content (AvgIpc) is 2.97. The number of carbonyl (C=O) groups is 2. The van der Waals surface area contributed by atoms with Crippen LogP contribution >= 0.6 is 11.3 Å². The van der Waals surface area contributed by atoms with Crippen LogP contribution in [-0.4, -0.2) is 18.9 Å². The highest BCUT2D eigenvalue weighted by molar-refractivity contribution is 7.10. The van der Waals surface area contributed by atoms with Gasteiger partial charge in [0.1, 0.15) is 5.75 Å². The van der Waals surface area contributed by atoms with Crippen LogP contribution in [0, 0.1) is 6.92 Å². The average molecular weight is 346 g/mol. The Morgan fingerprint density at radius 3 is 2.46 bits per heavy atom. The van der Waals surface area contributed by atoms with Crippen molar-refractivity contribution < 1.29 is 14.3 Å². The molecule has 1 aromatic carbocycles. The molecule has 0 aliphatic carbocycles. The lowest BCUT2D eigenvalue weighted by molar-refractivity contribution is -0.122. The molecule has 0 bridgehead atoms. The van der Waals surface area contributed by atoms with Crippen LogP contribution in [0.4, 0.5) is 0 Å². The van der Waals surface area contributed by atoms with E-state index >= 15 is 0 Å². The fourth-order valence-electron chi connectivity index (χ4n) is 2.36. The minimum absolute atomic E-state index is 0.0997. The predicted molar refractivity (Wildman–Crippen MR) is 95.1 cm³/mol. The van der Waals surface area contributed by atoms with Crippen molar-refractivity contribution in [2.75, 3.05) is 7.11 Å². The van der Waals surface area contributed by atoms with Gasteiger partial charge in [-0.15, -0.1) is 11.3 Å². The molecule has 6 heteroatoms. The van der Waals surface area contributed by atoms with Crippen LogP contribution in [0.1, 0.15) is 35.4 Å². The van der Waals surface area contributed by atoms with Gasteiger partial charge in [-0.25, -0.2) is 0 Å². The number of ether oxygens (including phenoxy) is 1. The van der Waals surface area contributed by atoms with E-state index in [9.17, 15) is 9.59 Å². The molecule has 1 atom stereocenters. The molecule has 2 amide bonds. The number of amides is 2. The van der Waals surface area contributed by atoms with Crippen molar-refractivity contribution in [3.63, 3.8) is 0 Å². The highest BCUT2D eigenvalue weighted by atomic mass is 32.1. The second kappa shape index (κ2) is 8.49. The van der Waals surface area contributed by atoms with Crippen LogP contribution in [0.5, 0.6) is 5.75 Å². The van der Waals surface area contributed by atoms with Crippen molar-refractivity contribution in [2.24, 2.45) is 0 Å². The van der Waals surface area contributed by atoms with E-state index in [-0.39, 0.29) is 24.3 Å². The van der Waals surface area contributed by atoms with Crippen molar-refractivity contribution in [2.45, 2.75) is 32.9 Å². The van der Waals surface area contributed by atoms with E-state index in [1.54, 1.807) is 18.4 Å². The molecule has 0 saturated heterocycles. The number of rotatable bonds is 7. The Hall–Kier alpha value is -2.34. The second-order valence-corrected chi connectivity index (χ2v) is 6.53. The zero-order valence-electron chi connectivity index (χ0n) is 14.1. The lowest BCUT2D eigenvalue weighted by Crippen LogP contribution is -2.32. The summed E-state index contributed by atoms with van der Waals surface area (Å²) < 4.78 is 5.14. The molecule has 2 N–H and O–H groups in total. The van der Waals surface area contributed by atoms with Crippen LogP contribution in [0.3, 0.4) is 0 Å². The Morgan fingerprint density at radius 2 is 1.92 bits per heavy atom. The molecule has 0 fully saturated rings. The van der Waals surface area contributed by atoms with Crippen LogP contribution in [0.25, 0.3) is 0 Å². The molecule has 128 valence electrons. The van der Waals surface area contributed by atoms with Crippen molar-refractivity contribution in [3.8, 4) is 5.75 Å². The van der Waals surface area contributed by atoms with Gasteiger partial charge in [0.25, 0.3) is 0 Å². The minimum Gasteiger partial charge on any atom is -0.497 e. The fourth-order valence-corrected chi connectivity index (χ4v) is 3.20. The third-order valence-electron chi connectivity index (χ3n) is 3.70. The van der Waals surface area contributed by atoms with E-state index < -0.39 is 0 Å². The summed E-state index contributed by atoms with van der Waals surface area (Å²) in [6.07, 6.45) is 0.191. The van der Waals surface area contributed by atoms with E-state index in [1.165, 1.54) is 12.5 Å². The van der Waals surface area contributed by atoms with E-state index in [4.69, 9.17) is 4.74 Å². The van der Waals surface area contributed by atoms with Gasteiger partial charge in [0.05, 0.1) is 26.1 Å². The van der Waals surface area contributed by atoms with E-state index in [2.05, 4.69) is 10.6 Å². The van der Waals surface area contributed by atoms with Gasteiger partial charge in [-0.1, -0.05) is 12.1 Å². The van der Waals surface area contributed by atoms with E-state index in [0.717, 1.165) is 16.2 Å². The SMILES string of the molecule is COc1ccc(C(CC(=O)NCc2sccc2C)NC(C)=O)cc1. The summed E-state index contributed by atoms with van der Waals surface area (Å²) in [6.45, 7) is 3.98. The van der Waals surface area contributed by atoms with Crippen LogP contribution in [-0.2, 0) is 16.1 Å². The van der Waals surface area contributed by atoms with Gasteiger partial charge in [-0.3, -0.25) is 9.59 Å². The molecule has 1 unspecified atom stereocenters. The summed E-state index contributed by atoms with van der Waals surface area (Å²) in [4.78, 5) is 24.9. The Labute approximate surface area is 146 Å². The molecule has 0 aliphatic rings. The standard InChI is InChI=1S/C18H22N2O3S/c1-12-8-9-24-17(12)11-19-18(22)10-16(20-13(2)21)14-4-6-15(23-3)7-5-14/h4-9,16H,10-11H2,1-3H3,(H,19,22)(H,20,21). The topological polar surface area (TPSA) is 67.4 Å². The number of aryl methyl sites for hydroxylation is 1. The van der Waals surface area contributed by atoms with Crippen LogP contribution < -0.4 is 15.4 Å². The van der Waals surface area contributed by atoms with Crippen molar-refractivity contribution in [3.05, 3.63) is 51.7 Å². The number of hydrogen-bond acceptors (Lipinski definition) is 4. The summed E-state index contributed by atoms with van der Waals surface area (Å²) in [5.41, 5.74) is 2.04. The Balaban J connectivity index is 2.00. The van der Waals surface area contributed by atoms with E-state index in [1.807, 2.05) is 42.6 Å². The first-order valence-corrected chi connectivity index (χ1v) is 8.58. The van der Waals surface area contributed by atoms with Crippen molar-refractivity contribution in [1.29, 1.82) is 0 Å². The van der Waals surface area contributed by atoms with Gasteiger partial charge in [0, 0.05) is 11.8 Å². The molecule has 2 rings (SSSR count). The molecule has 2 aromatic rings. The Morgan fingerprint density at radius 1 is 1.21 bits per heavy atom. The highest BCUT2D eigenvalue weighted by Gasteiger charge is 2.17. The molecule has 0 radical (unpaired) electrons. The first-order chi connectivity index (χ1) is 11.5. The monoisotopic (exact) mass is 346 g/mol. The number of hydrogen-bond donors (Lipinski definition) is 2. The molecule has 24 heavy (non-hydrogen) atoms. The lowest BCUT2D eigenvalue weighted by atomic mass is 10.0. The molecule has 0 spiro atoms. The lowest BCUT2D eigenvalue weighted by Gasteiger charge is -2.18. The third kappa shape index (κ3) is 5.09. The molecule has 0 aliphatic heterocycles. The first kappa shape index (κ1) is 18.0. The molecule has 0 saturated carbocycles. The molecule has 1 heterocycles. The predicted octanol–water partition coefficient (Wildman–Crippen LogP) is 2.95. The summed E-state index contributed by atoms with van der Waals surface area (Å²) in [6, 6.07) is 9.02. The Bertz CT molecular complexity index is 695. The molecular weight excluding hydrogens is 324 g/mol. The molecule has 5 nitrogen and oxygen atoms in total. The number of methoxy groups -OCH3 is 1. The van der Waals surface area contributed by atoms with Gasteiger partial charge in [-0.05, 0) is 41.6 Å². The van der Waals surface area contributed by atoms with Crippen LogP contribution in [0.2, 0.25) is 0 Å². The number of nitrogens with one attached hydrogen (secondary N) is 2. The third-order valence-corrected chi connectivity index (χ3v) is 4.72. The van der Waals surface area contributed by atoms with Gasteiger partial charge >= 0.3 is 0 Å². The first-order valence-electron chi connectivity index (χ1n) is 7.70. The van der Waals surface area contributed by atoms with Gasteiger partial charge in [-0.2, -0.15) is 0 Å². The Kier molecular flexibility index (Phi) is 6.37. The molecule has 1 aromatic heterocycles. The van der Waals surface area contributed by atoms with Crippen LogP contribution in [0.15, 0.2) is 35.7 Å². The maximum absolute atomic E-state index is 12.3. The summed E-state index contributed by atoms with van der Waals surface area (Å²) >= 11 is 1.62. The van der Waals surface area contributed by atoms with Gasteiger partial charge in [0.15, 0.2) is 0 Å².